The lowest BCUT2D eigenvalue weighted by Gasteiger charge is -2.24. The van der Waals surface area contributed by atoms with Crippen LogP contribution in [0.3, 0.4) is 0 Å². The Morgan fingerprint density at radius 2 is 0.904 bits per heavy atom. The van der Waals surface area contributed by atoms with Gasteiger partial charge in [0.25, 0.3) is 0 Å². The normalized spacial score (nSPS) is 13.3. The van der Waals surface area contributed by atoms with Crippen molar-refractivity contribution >= 4 is 43.1 Å². The molecule has 0 aliphatic heterocycles. The van der Waals surface area contributed by atoms with E-state index >= 15 is 0 Å². The van der Waals surface area contributed by atoms with Crippen molar-refractivity contribution in [2.45, 2.75) is 39.0 Å². The van der Waals surface area contributed by atoms with Gasteiger partial charge in [-0.25, -0.2) is 0 Å². The van der Waals surface area contributed by atoms with Gasteiger partial charge < -0.3 is 0 Å². The lowest BCUT2D eigenvalue weighted by atomic mass is 9.78. The number of benzene rings is 9. The molecule has 9 aromatic rings. The van der Waals surface area contributed by atoms with Gasteiger partial charge in [0.15, 0.2) is 0 Å². The fourth-order valence-electron chi connectivity index (χ4n) is 8.97. The van der Waals surface area contributed by atoms with Gasteiger partial charge in [-0.15, -0.1) is 0 Å². The molecule has 0 bridgehead atoms. The van der Waals surface area contributed by atoms with Gasteiger partial charge in [-0.1, -0.05) is 161 Å². The summed E-state index contributed by atoms with van der Waals surface area (Å²) in [5.41, 5.74) is 14.4. The molecule has 0 N–H and O–H groups in total. The van der Waals surface area contributed by atoms with Crippen LogP contribution in [0.4, 0.5) is 0 Å². The van der Waals surface area contributed by atoms with Crippen molar-refractivity contribution in [3.8, 4) is 44.5 Å². The van der Waals surface area contributed by atoms with Crippen LogP contribution in [-0.4, -0.2) is 0 Å². The van der Waals surface area contributed by atoms with Crippen LogP contribution >= 0.6 is 0 Å². The van der Waals surface area contributed by atoms with E-state index in [4.69, 9.17) is 0 Å². The van der Waals surface area contributed by atoms with E-state index in [1.807, 2.05) is 0 Å². The van der Waals surface area contributed by atoms with Crippen molar-refractivity contribution in [3.05, 3.63) is 180 Å². The highest BCUT2D eigenvalue weighted by molar-refractivity contribution is 6.11. The maximum absolute atomic E-state index is 2.52. The monoisotopic (exact) mass is 664 g/mol. The van der Waals surface area contributed by atoms with Crippen LogP contribution in [-0.2, 0) is 5.41 Å². The summed E-state index contributed by atoms with van der Waals surface area (Å²) in [5, 5.41) is 10.4. The van der Waals surface area contributed by atoms with Gasteiger partial charge in [0.1, 0.15) is 0 Å². The molecule has 0 heterocycles. The van der Waals surface area contributed by atoms with Crippen molar-refractivity contribution in [1.29, 1.82) is 0 Å². The van der Waals surface area contributed by atoms with Crippen molar-refractivity contribution in [2.24, 2.45) is 0 Å². The first kappa shape index (κ1) is 30.8. The second kappa shape index (κ2) is 11.5. The van der Waals surface area contributed by atoms with Gasteiger partial charge in [-0.05, 0) is 141 Å². The molecule has 0 spiro atoms. The molecule has 248 valence electrons. The highest BCUT2D eigenvalue weighted by atomic mass is 14.4. The van der Waals surface area contributed by atoms with E-state index < -0.39 is 0 Å². The summed E-state index contributed by atoms with van der Waals surface area (Å²) < 4.78 is 0. The van der Waals surface area contributed by atoms with Gasteiger partial charge in [0.05, 0.1) is 0 Å². The molecule has 0 unspecified atom stereocenters. The van der Waals surface area contributed by atoms with Crippen LogP contribution in [0.25, 0.3) is 87.6 Å². The standard InChI is InChI=1S/C52H40/c1-32(2)41-28-42(40-22-21-38-26-37(19-20-39(38)27-40)36-18-17-33-11-5-6-13-35(33)25-36)30-43(29-41)48-31-49-50(46-16-10-9-15-45(46)48)47-24-23-34-12-7-8-14-44(34)51(47)52(49,3)4/h5-32H,1-4H3. The van der Waals surface area contributed by atoms with Gasteiger partial charge >= 0.3 is 0 Å². The zero-order valence-electron chi connectivity index (χ0n) is 30.2. The first-order valence-electron chi connectivity index (χ1n) is 18.6. The Bertz CT molecular complexity index is 2900. The molecule has 9 aromatic carbocycles. The fraction of sp³-hybridized carbons (Fsp3) is 0.115. The highest BCUT2D eigenvalue weighted by Crippen LogP contribution is 2.55. The molecular formula is C52H40. The van der Waals surface area contributed by atoms with E-state index in [0.717, 1.165) is 0 Å². The van der Waals surface area contributed by atoms with Crippen molar-refractivity contribution < 1.29 is 0 Å². The Hall–Kier alpha value is -5.98. The maximum atomic E-state index is 2.52. The second-order valence-corrected chi connectivity index (χ2v) is 15.6. The molecular weight excluding hydrogens is 625 g/mol. The number of hydrogen-bond acceptors (Lipinski definition) is 0. The van der Waals surface area contributed by atoms with Gasteiger partial charge in [0.2, 0.25) is 0 Å². The summed E-state index contributed by atoms with van der Waals surface area (Å²) >= 11 is 0. The summed E-state index contributed by atoms with van der Waals surface area (Å²) in [6.07, 6.45) is 0. The van der Waals surface area contributed by atoms with E-state index in [2.05, 4.69) is 191 Å². The largest absolute Gasteiger partial charge is 0.0616 e. The van der Waals surface area contributed by atoms with Crippen LogP contribution in [0.5, 0.6) is 0 Å². The summed E-state index contributed by atoms with van der Waals surface area (Å²) in [5.74, 6) is 0.399. The molecule has 1 aliphatic carbocycles. The summed E-state index contributed by atoms with van der Waals surface area (Å²) in [4.78, 5) is 0. The topological polar surface area (TPSA) is 0 Å². The quantitative estimate of drug-likeness (QED) is 0.176. The first-order chi connectivity index (χ1) is 25.3. The molecule has 0 atom stereocenters. The molecule has 52 heavy (non-hydrogen) atoms. The minimum Gasteiger partial charge on any atom is -0.0616 e. The molecule has 1 aliphatic rings. The smallest absolute Gasteiger partial charge is 0.0165 e. The minimum absolute atomic E-state index is 0.132. The summed E-state index contributed by atoms with van der Waals surface area (Å²) in [7, 11) is 0. The van der Waals surface area contributed by atoms with Crippen LogP contribution in [0.15, 0.2) is 164 Å². The Morgan fingerprint density at radius 3 is 1.60 bits per heavy atom. The molecule has 0 saturated carbocycles. The minimum atomic E-state index is -0.132. The van der Waals surface area contributed by atoms with Crippen molar-refractivity contribution in [1.82, 2.24) is 0 Å². The van der Waals surface area contributed by atoms with Crippen LogP contribution < -0.4 is 0 Å². The molecule has 10 rings (SSSR count). The van der Waals surface area contributed by atoms with Crippen molar-refractivity contribution in [2.75, 3.05) is 0 Å². The van der Waals surface area contributed by atoms with E-state index in [9.17, 15) is 0 Å². The fourth-order valence-corrected chi connectivity index (χ4v) is 8.97. The summed E-state index contributed by atoms with van der Waals surface area (Å²) in [6.45, 7) is 9.45. The van der Waals surface area contributed by atoms with E-state index in [1.54, 1.807) is 0 Å². The maximum Gasteiger partial charge on any atom is 0.0165 e. The molecule has 0 saturated heterocycles. The number of hydrogen-bond donors (Lipinski definition) is 0. The Labute approximate surface area is 306 Å². The first-order valence-corrected chi connectivity index (χ1v) is 18.6. The lowest BCUT2D eigenvalue weighted by molar-refractivity contribution is 0.667. The number of fused-ring (bicyclic) bond motifs is 9. The summed E-state index contributed by atoms with van der Waals surface area (Å²) in [6, 6.07) is 61.6. The van der Waals surface area contributed by atoms with Crippen LogP contribution in [0.2, 0.25) is 0 Å². The third-order valence-corrected chi connectivity index (χ3v) is 11.7. The molecule has 0 nitrogen and oxygen atoms in total. The SMILES string of the molecule is CC(C)c1cc(-c2ccc3cc(-c4ccc5ccccc5c4)ccc3c2)cc(-c2cc3c(c4ccccc24)-c2ccc4ccccc4c2C3(C)C)c1. The van der Waals surface area contributed by atoms with Crippen molar-refractivity contribution in [3.63, 3.8) is 0 Å². The Kier molecular flexibility index (Phi) is 6.83. The second-order valence-electron chi connectivity index (χ2n) is 15.6. The van der Waals surface area contributed by atoms with Gasteiger partial charge in [0, 0.05) is 5.41 Å². The van der Waals surface area contributed by atoms with Crippen LogP contribution in [0, 0.1) is 0 Å². The highest BCUT2D eigenvalue weighted by Gasteiger charge is 2.38. The molecule has 0 heteroatoms. The molecule has 0 radical (unpaired) electrons. The average Bonchev–Trinajstić information content (AvgIpc) is 3.42. The molecule has 0 aromatic heterocycles. The van der Waals surface area contributed by atoms with E-state index in [1.165, 1.54) is 104 Å². The van der Waals surface area contributed by atoms with Gasteiger partial charge in [-0.3, -0.25) is 0 Å². The lowest BCUT2D eigenvalue weighted by Crippen LogP contribution is -2.15. The van der Waals surface area contributed by atoms with E-state index in [-0.39, 0.29) is 5.41 Å². The van der Waals surface area contributed by atoms with Gasteiger partial charge in [-0.2, -0.15) is 0 Å². The predicted octanol–water partition coefficient (Wildman–Crippen LogP) is 14.7. The third kappa shape index (κ3) is 4.75. The zero-order chi connectivity index (χ0) is 35.1. The predicted molar refractivity (Wildman–Crippen MR) is 224 cm³/mol. The Balaban J connectivity index is 1.11. The molecule has 0 fully saturated rings. The Morgan fingerprint density at radius 1 is 0.385 bits per heavy atom. The molecule has 0 amide bonds. The zero-order valence-corrected chi connectivity index (χ0v) is 30.2. The van der Waals surface area contributed by atoms with Crippen LogP contribution in [0.1, 0.15) is 50.3 Å². The van der Waals surface area contributed by atoms with E-state index in [0.29, 0.717) is 5.92 Å². The average molecular weight is 665 g/mol. The number of rotatable bonds is 4. The third-order valence-electron chi connectivity index (χ3n) is 11.7.